The van der Waals surface area contributed by atoms with Gasteiger partial charge < -0.3 is 10.2 Å². The lowest BCUT2D eigenvalue weighted by Crippen LogP contribution is -2.32. The van der Waals surface area contributed by atoms with Crippen molar-refractivity contribution in [2.75, 3.05) is 29.2 Å². The first kappa shape index (κ1) is 23.3. The van der Waals surface area contributed by atoms with Crippen LogP contribution < -0.4 is 15.1 Å². The molecule has 0 saturated heterocycles. The molecule has 0 fully saturated rings. The number of carbonyl (C=O) groups excluding carboxylic acids is 2. The van der Waals surface area contributed by atoms with E-state index in [4.69, 9.17) is 0 Å². The van der Waals surface area contributed by atoms with Crippen molar-refractivity contribution in [2.45, 2.75) is 33.6 Å². The summed E-state index contributed by atoms with van der Waals surface area (Å²) < 4.78 is 0. The molecule has 1 heterocycles. The molecule has 0 aliphatic carbocycles. The van der Waals surface area contributed by atoms with Crippen LogP contribution in [0.2, 0.25) is 0 Å². The van der Waals surface area contributed by atoms with Gasteiger partial charge in [0.15, 0.2) is 0 Å². The number of aryl methyl sites for hydroxylation is 2. The molecule has 1 aliphatic rings. The normalized spacial score (nSPS) is 13.8. The van der Waals surface area contributed by atoms with Gasteiger partial charge >= 0.3 is 0 Å². The highest BCUT2D eigenvalue weighted by molar-refractivity contribution is 6.46. The first-order valence-electron chi connectivity index (χ1n) is 11.5. The highest BCUT2D eigenvalue weighted by Crippen LogP contribution is 2.35. The molecular weight excluding hydrogens is 422 g/mol. The van der Waals surface area contributed by atoms with Crippen molar-refractivity contribution in [3.8, 4) is 0 Å². The maximum atomic E-state index is 13.7. The van der Waals surface area contributed by atoms with Crippen molar-refractivity contribution in [1.82, 2.24) is 0 Å². The molecule has 0 saturated carbocycles. The van der Waals surface area contributed by atoms with E-state index in [1.54, 1.807) is 0 Å². The SMILES string of the molecule is Cc1ccc(C2=C(Nc3ccc(N(C)C)cc3)C(=O)N(c3ccc(C(C)C)cc3)C2=O)cc1C. The fourth-order valence-corrected chi connectivity index (χ4v) is 4.04. The summed E-state index contributed by atoms with van der Waals surface area (Å²) in [5.41, 5.74) is 7.14. The molecule has 0 atom stereocenters. The number of nitrogens with zero attached hydrogens (tertiary/aromatic N) is 2. The Labute approximate surface area is 201 Å². The first-order chi connectivity index (χ1) is 16.2. The van der Waals surface area contributed by atoms with Crippen LogP contribution in [-0.4, -0.2) is 25.9 Å². The third-order valence-corrected chi connectivity index (χ3v) is 6.35. The zero-order valence-electron chi connectivity index (χ0n) is 20.6. The molecule has 4 rings (SSSR count). The number of anilines is 3. The van der Waals surface area contributed by atoms with Crippen molar-refractivity contribution in [3.05, 3.63) is 94.7 Å². The van der Waals surface area contributed by atoms with E-state index in [9.17, 15) is 9.59 Å². The van der Waals surface area contributed by atoms with Gasteiger partial charge in [-0.15, -0.1) is 0 Å². The molecule has 2 amide bonds. The predicted molar refractivity (Wildman–Crippen MR) is 140 cm³/mol. The van der Waals surface area contributed by atoms with Gasteiger partial charge in [-0.1, -0.05) is 44.2 Å². The summed E-state index contributed by atoms with van der Waals surface area (Å²) in [6, 6.07) is 21.3. The molecule has 1 N–H and O–H groups in total. The topological polar surface area (TPSA) is 52.7 Å². The summed E-state index contributed by atoms with van der Waals surface area (Å²) >= 11 is 0. The van der Waals surface area contributed by atoms with Crippen LogP contribution in [0.3, 0.4) is 0 Å². The second kappa shape index (κ2) is 9.18. The maximum absolute atomic E-state index is 13.7. The predicted octanol–water partition coefficient (Wildman–Crippen LogP) is 5.89. The summed E-state index contributed by atoms with van der Waals surface area (Å²) in [5.74, 6) is -0.309. The van der Waals surface area contributed by atoms with Gasteiger partial charge in [0.25, 0.3) is 11.8 Å². The Bertz CT molecular complexity index is 1270. The molecule has 34 heavy (non-hydrogen) atoms. The van der Waals surface area contributed by atoms with E-state index in [1.807, 2.05) is 99.6 Å². The quantitative estimate of drug-likeness (QED) is 0.473. The number of benzene rings is 3. The molecule has 1 aliphatic heterocycles. The summed E-state index contributed by atoms with van der Waals surface area (Å²) in [5, 5.41) is 3.25. The molecule has 3 aromatic carbocycles. The summed E-state index contributed by atoms with van der Waals surface area (Å²) in [4.78, 5) is 30.6. The number of imide groups is 1. The Morgan fingerprint density at radius 3 is 2.00 bits per heavy atom. The maximum Gasteiger partial charge on any atom is 0.282 e. The van der Waals surface area contributed by atoms with Crippen molar-refractivity contribution >= 4 is 34.4 Å². The van der Waals surface area contributed by atoms with Crippen LogP contribution in [0.15, 0.2) is 72.4 Å². The molecule has 3 aromatic rings. The van der Waals surface area contributed by atoms with Gasteiger partial charge in [-0.25, -0.2) is 4.90 Å². The summed E-state index contributed by atoms with van der Waals surface area (Å²) in [6.45, 7) is 8.27. The molecule has 0 aromatic heterocycles. The molecular formula is C29H31N3O2. The summed E-state index contributed by atoms with van der Waals surface area (Å²) in [7, 11) is 3.95. The van der Waals surface area contributed by atoms with E-state index in [0.29, 0.717) is 22.9 Å². The number of hydrogen-bond donors (Lipinski definition) is 1. The zero-order chi connectivity index (χ0) is 24.6. The minimum Gasteiger partial charge on any atom is -0.378 e. The van der Waals surface area contributed by atoms with Crippen LogP contribution in [0.1, 0.15) is 42.0 Å². The van der Waals surface area contributed by atoms with Crippen molar-refractivity contribution in [1.29, 1.82) is 0 Å². The van der Waals surface area contributed by atoms with Gasteiger partial charge in [0.1, 0.15) is 5.70 Å². The van der Waals surface area contributed by atoms with Crippen LogP contribution in [-0.2, 0) is 9.59 Å². The number of hydrogen-bond acceptors (Lipinski definition) is 4. The van der Waals surface area contributed by atoms with E-state index >= 15 is 0 Å². The third kappa shape index (κ3) is 4.34. The van der Waals surface area contributed by atoms with Crippen LogP contribution >= 0.6 is 0 Å². The number of nitrogens with one attached hydrogen (secondary N) is 1. The molecule has 5 heteroatoms. The van der Waals surface area contributed by atoms with Crippen molar-refractivity contribution in [2.24, 2.45) is 0 Å². The fraction of sp³-hybridized carbons (Fsp3) is 0.241. The molecule has 0 unspecified atom stereocenters. The number of carbonyl (C=O) groups is 2. The third-order valence-electron chi connectivity index (χ3n) is 6.35. The lowest BCUT2D eigenvalue weighted by atomic mass is 9.99. The number of rotatable bonds is 6. The van der Waals surface area contributed by atoms with Crippen molar-refractivity contribution < 1.29 is 9.59 Å². The Balaban J connectivity index is 1.78. The monoisotopic (exact) mass is 453 g/mol. The molecule has 0 spiro atoms. The van der Waals surface area contributed by atoms with E-state index in [0.717, 1.165) is 33.6 Å². The highest BCUT2D eigenvalue weighted by Gasteiger charge is 2.40. The van der Waals surface area contributed by atoms with Gasteiger partial charge in [-0.05, 0) is 78.4 Å². The molecule has 5 nitrogen and oxygen atoms in total. The van der Waals surface area contributed by atoms with Gasteiger partial charge in [0.2, 0.25) is 0 Å². The Hall–Kier alpha value is -3.86. The van der Waals surface area contributed by atoms with E-state index in [2.05, 4.69) is 19.2 Å². The second-order valence-corrected chi connectivity index (χ2v) is 9.31. The minimum absolute atomic E-state index is 0.291. The smallest absolute Gasteiger partial charge is 0.282 e. The van der Waals surface area contributed by atoms with Crippen LogP contribution in [0, 0.1) is 13.8 Å². The molecule has 0 bridgehead atoms. The average molecular weight is 454 g/mol. The standard InChI is InChI=1S/C29H31N3O2/c1-18(2)21-9-13-25(14-10-21)32-28(33)26(22-8-7-19(3)20(4)17-22)27(29(32)34)30-23-11-15-24(16-12-23)31(5)6/h7-18,30H,1-6H3. The van der Waals surface area contributed by atoms with Gasteiger partial charge in [0, 0.05) is 25.5 Å². The Kier molecular flexibility index (Phi) is 6.29. The zero-order valence-corrected chi connectivity index (χ0v) is 20.6. The largest absolute Gasteiger partial charge is 0.378 e. The second-order valence-electron chi connectivity index (χ2n) is 9.31. The van der Waals surface area contributed by atoms with E-state index in [-0.39, 0.29) is 11.8 Å². The highest BCUT2D eigenvalue weighted by atomic mass is 16.2. The Morgan fingerprint density at radius 2 is 1.44 bits per heavy atom. The molecule has 0 radical (unpaired) electrons. The summed E-state index contributed by atoms with van der Waals surface area (Å²) in [6.07, 6.45) is 0. The van der Waals surface area contributed by atoms with Crippen molar-refractivity contribution in [3.63, 3.8) is 0 Å². The van der Waals surface area contributed by atoms with Gasteiger partial charge in [0.05, 0.1) is 11.3 Å². The van der Waals surface area contributed by atoms with Crippen LogP contribution in [0.25, 0.3) is 5.57 Å². The van der Waals surface area contributed by atoms with Gasteiger partial charge in [-0.3, -0.25) is 9.59 Å². The van der Waals surface area contributed by atoms with E-state index in [1.165, 1.54) is 4.90 Å². The average Bonchev–Trinajstić information content (AvgIpc) is 3.05. The molecule has 174 valence electrons. The number of amides is 2. The van der Waals surface area contributed by atoms with E-state index < -0.39 is 0 Å². The van der Waals surface area contributed by atoms with Gasteiger partial charge in [-0.2, -0.15) is 0 Å². The van der Waals surface area contributed by atoms with Crippen LogP contribution in [0.5, 0.6) is 0 Å². The fourth-order valence-electron chi connectivity index (χ4n) is 4.04. The Morgan fingerprint density at radius 1 is 0.794 bits per heavy atom. The van der Waals surface area contributed by atoms with Crippen LogP contribution in [0.4, 0.5) is 17.1 Å². The lowest BCUT2D eigenvalue weighted by molar-refractivity contribution is -0.120. The lowest BCUT2D eigenvalue weighted by Gasteiger charge is -2.17. The minimum atomic E-state index is -0.354. The first-order valence-corrected chi connectivity index (χ1v) is 11.5.